The van der Waals surface area contributed by atoms with Crippen LogP contribution in [0.15, 0.2) is 29.4 Å². The Bertz CT molecular complexity index is 477. The van der Waals surface area contributed by atoms with E-state index in [9.17, 15) is 5.11 Å². The molecule has 2 rings (SSSR count). The van der Waals surface area contributed by atoms with Gasteiger partial charge >= 0.3 is 0 Å². The van der Waals surface area contributed by atoms with Gasteiger partial charge in [0.25, 0.3) is 0 Å². The van der Waals surface area contributed by atoms with Crippen molar-refractivity contribution in [2.45, 2.75) is 52.2 Å². The summed E-state index contributed by atoms with van der Waals surface area (Å²) in [5.74, 6) is 0.784. The van der Waals surface area contributed by atoms with Crippen molar-refractivity contribution in [2.75, 3.05) is 13.1 Å². The normalized spacial score (nSPS) is 25.8. The van der Waals surface area contributed by atoms with Crippen molar-refractivity contribution >= 4 is 5.96 Å². The fourth-order valence-electron chi connectivity index (χ4n) is 2.87. The minimum absolute atomic E-state index is 0.0700. The standard InChI is InChI=1S/C17H28N4O/c1-3-18-16(20-12-14-8-5-7-11-19-14)21-13-17(2)10-6-4-9-15(17)22/h5,7-8,11,15,22H,3-4,6,9-10,12-13H2,1-2H3,(H2,18,20,21). The molecule has 2 atom stereocenters. The molecule has 1 aliphatic rings. The summed E-state index contributed by atoms with van der Waals surface area (Å²) in [5.41, 5.74) is 0.878. The molecular weight excluding hydrogens is 276 g/mol. The summed E-state index contributed by atoms with van der Waals surface area (Å²) in [6.45, 7) is 6.31. The van der Waals surface area contributed by atoms with E-state index in [1.807, 2.05) is 18.2 Å². The van der Waals surface area contributed by atoms with Gasteiger partial charge in [-0.1, -0.05) is 25.8 Å². The smallest absolute Gasteiger partial charge is 0.191 e. The maximum Gasteiger partial charge on any atom is 0.191 e. The third-order valence-electron chi connectivity index (χ3n) is 4.41. The second-order valence-corrected chi connectivity index (χ2v) is 6.29. The quantitative estimate of drug-likeness (QED) is 0.575. The first-order valence-electron chi connectivity index (χ1n) is 8.24. The number of guanidine groups is 1. The molecule has 0 aromatic carbocycles. The molecule has 2 unspecified atom stereocenters. The van der Waals surface area contributed by atoms with Crippen LogP contribution in [0.4, 0.5) is 0 Å². The lowest BCUT2D eigenvalue weighted by Crippen LogP contribution is -2.48. The second kappa shape index (κ2) is 8.13. The number of aliphatic imine (C=N–C) groups is 1. The highest BCUT2D eigenvalue weighted by Crippen LogP contribution is 2.35. The molecule has 3 N–H and O–H groups in total. The molecule has 1 heterocycles. The van der Waals surface area contributed by atoms with Crippen LogP contribution in [0, 0.1) is 5.41 Å². The van der Waals surface area contributed by atoms with Crippen molar-refractivity contribution in [2.24, 2.45) is 10.4 Å². The Morgan fingerprint density at radius 2 is 2.27 bits per heavy atom. The van der Waals surface area contributed by atoms with E-state index in [1.165, 1.54) is 6.42 Å². The molecule has 0 aliphatic heterocycles. The Morgan fingerprint density at radius 3 is 2.95 bits per heavy atom. The average Bonchev–Trinajstić information content (AvgIpc) is 2.54. The molecule has 5 heteroatoms. The molecule has 0 saturated heterocycles. The second-order valence-electron chi connectivity index (χ2n) is 6.29. The van der Waals surface area contributed by atoms with E-state index < -0.39 is 0 Å². The van der Waals surface area contributed by atoms with Crippen LogP contribution in [0.25, 0.3) is 0 Å². The number of nitrogens with zero attached hydrogens (tertiary/aromatic N) is 2. The molecule has 0 spiro atoms. The van der Waals surface area contributed by atoms with Crippen LogP contribution in [-0.2, 0) is 6.54 Å². The minimum atomic E-state index is -0.229. The predicted octanol–water partition coefficient (Wildman–Crippen LogP) is 2.08. The minimum Gasteiger partial charge on any atom is -0.392 e. The third-order valence-corrected chi connectivity index (χ3v) is 4.41. The summed E-state index contributed by atoms with van der Waals surface area (Å²) in [4.78, 5) is 8.86. The number of nitrogens with one attached hydrogen (secondary N) is 2. The average molecular weight is 304 g/mol. The van der Waals surface area contributed by atoms with Gasteiger partial charge in [0.2, 0.25) is 0 Å². The first-order chi connectivity index (χ1) is 10.6. The molecule has 0 bridgehead atoms. The SMILES string of the molecule is CCNC(=NCc1ccccn1)NCC1(C)CCCCC1O. The molecule has 0 amide bonds. The van der Waals surface area contributed by atoms with Crippen LogP contribution >= 0.6 is 0 Å². The molecule has 1 aliphatic carbocycles. The highest BCUT2D eigenvalue weighted by molar-refractivity contribution is 5.79. The van der Waals surface area contributed by atoms with Gasteiger partial charge in [-0.25, -0.2) is 4.99 Å². The number of hydrogen-bond acceptors (Lipinski definition) is 3. The lowest BCUT2D eigenvalue weighted by Gasteiger charge is -2.38. The molecule has 1 aromatic heterocycles. The van der Waals surface area contributed by atoms with Crippen molar-refractivity contribution in [3.05, 3.63) is 30.1 Å². The fourth-order valence-corrected chi connectivity index (χ4v) is 2.87. The van der Waals surface area contributed by atoms with E-state index in [0.717, 1.165) is 44.0 Å². The third kappa shape index (κ3) is 4.70. The lowest BCUT2D eigenvalue weighted by molar-refractivity contribution is 0.00397. The summed E-state index contributed by atoms with van der Waals surface area (Å²) >= 11 is 0. The van der Waals surface area contributed by atoms with E-state index in [4.69, 9.17) is 0 Å². The van der Waals surface area contributed by atoms with E-state index in [1.54, 1.807) is 6.20 Å². The number of hydrogen-bond donors (Lipinski definition) is 3. The number of aliphatic hydroxyl groups is 1. The maximum atomic E-state index is 10.3. The Hall–Kier alpha value is -1.62. The molecule has 5 nitrogen and oxygen atoms in total. The van der Waals surface area contributed by atoms with Crippen LogP contribution in [0.5, 0.6) is 0 Å². The van der Waals surface area contributed by atoms with Crippen LogP contribution in [0.3, 0.4) is 0 Å². The highest BCUT2D eigenvalue weighted by Gasteiger charge is 2.35. The summed E-state index contributed by atoms with van der Waals surface area (Å²) in [6.07, 6.45) is 5.83. The Kier molecular flexibility index (Phi) is 6.19. The molecule has 1 saturated carbocycles. The Labute approximate surface area is 133 Å². The Morgan fingerprint density at radius 1 is 1.41 bits per heavy atom. The molecule has 1 aromatic rings. The van der Waals surface area contributed by atoms with E-state index in [0.29, 0.717) is 6.54 Å². The summed E-state index contributed by atoms with van der Waals surface area (Å²) in [7, 11) is 0. The van der Waals surface area contributed by atoms with Gasteiger partial charge < -0.3 is 15.7 Å². The zero-order valence-corrected chi connectivity index (χ0v) is 13.7. The molecule has 0 radical (unpaired) electrons. The zero-order valence-electron chi connectivity index (χ0n) is 13.7. The summed E-state index contributed by atoms with van der Waals surface area (Å²) in [6, 6.07) is 5.85. The van der Waals surface area contributed by atoms with Crippen molar-refractivity contribution in [1.82, 2.24) is 15.6 Å². The van der Waals surface area contributed by atoms with E-state index in [2.05, 4.69) is 34.5 Å². The van der Waals surface area contributed by atoms with Gasteiger partial charge in [-0.05, 0) is 31.9 Å². The van der Waals surface area contributed by atoms with Crippen LogP contribution in [-0.4, -0.2) is 35.2 Å². The highest BCUT2D eigenvalue weighted by atomic mass is 16.3. The summed E-state index contributed by atoms with van der Waals surface area (Å²) < 4.78 is 0. The van der Waals surface area contributed by atoms with Crippen LogP contribution < -0.4 is 10.6 Å². The number of pyridine rings is 1. The van der Waals surface area contributed by atoms with Gasteiger partial charge in [-0.15, -0.1) is 0 Å². The first kappa shape index (κ1) is 16.7. The van der Waals surface area contributed by atoms with Crippen molar-refractivity contribution in [3.8, 4) is 0 Å². The monoisotopic (exact) mass is 304 g/mol. The van der Waals surface area contributed by atoms with E-state index in [-0.39, 0.29) is 11.5 Å². The van der Waals surface area contributed by atoms with Crippen molar-refractivity contribution < 1.29 is 5.11 Å². The first-order valence-corrected chi connectivity index (χ1v) is 8.24. The molecule has 22 heavy (non-hydrogen) atoms. The largest absolute Gasteiger partial charge is 0.392 e. The van der Waals surface area contributed by atoms with Gasteiger partial charge in [0, 0.05) is 24.7 Å². The predicted molar refractivity (Wildman–Crippen MR) is 89.6 cm³/mol. The Balaban J connectivity index is 1.93. The van der Waals surface area contributed by atoms with Gasteiger partial charge in [0.05, 0.1) is 18.3 Å². The number of rotatable bonds is 5. The van der Waals surface area contributed by atoms with E-state index >= 15 is 0 Å². The zero-order chi connectivity index (χ0) is 15.8. The molecule has 122 valence electrons. The van der Waals surface area contributed by atoms with Gasteiger partial charge in [0.15, 0.2) is 5.96 Å². The van der Waals surface area contributed by atoms with Crippen LogP contribution in [0.1, 0.15) is 45.2 Å². The summed E-state index contributed by atoms with van der Waals surface area (Å²) in [5, 5.41) is 16.9. The topological polar surface area (TPSA) is 69.5 Å². The molecular formula is C17H28N4O. The van der Waals surface area contributed by atoms with Gasteiger partial charge in [-0.2, -0.15) is 0 Å². The lowest BCUT2D eigenvalue weighted by atomic mass is 9.73. The number of aromatic nitrogens is 1. The molecule has 1 fully saturated rings. The van der Waals surface area contributed by atoms with Gasteiger partial charge in [0.1, 0.15) is 0 Å². The fraction of sp³-hybridized carbons (Fsp3) is 0.647. The van der Waals surface area contributed by atoms with Crippen molar-refractivity contribution in [1.29, 1.82) is 0 Å². The van der Waals surface area contributed by atoms with Gasteiger partial charge in [-0.3, -0.25) is 4.98 Å². The number of aliphatic hydroxyl groups excluding tert-OH is 1. The van der Waals surface area contributed by atoms with Crippen molar-refractivity contribution in [3.63, 3.8) is 0 Å². The van der Waals surface area contributed by atoms with Crippen LogP contribution in [0.2, 0.25) is 0 Å². The maximum absolute atomic E-state index is 10.3.